The number of carbonyl (C=O) groups excluding carboxylic acids is 2. The number of benzene rings is 2. The summed E-state index contributed by atoms with van der Waals surface area (Å²) in [5.41, 5.74) is 8.17. The van der Waals surface area contributed by atoms with Crippen molar-refractivity contribution < 1.29 is 9.59 Å². The van der Waals surface area contributed by atoms with Gasteiger partial charge in [0, 0.05) is 29.8 Å². The summed E-state index contributed by atoms with van der Waals surface area (Å²) in [5.74, 6) is -0.292. The van der Waals surface area contributed by atoms with Crippen molar-refractivity contribution in [3.05, 3.63) is 65.7 Å². The maximum atomic E-state index is 12.1. The van der Waals surface area contributed by atoms with E-state index in [1.807, 2.05) is 44.2 Å². The molecule has 0 heterocycles. The van der Waals surface area contributed by atoms with Gasteiger partial charge in [-0.15, -0.1) is 12.4 Å². The molecular formula is C19H24ClN3O2. The quantitative estimate of drug-likeness (QED) is 0.738. The minimum Gasteiger partial charge on any atom is -0.350 e. The van der Waals surface area contributed by atoms with Gasteiger partial charge >= 0.3 is 0 Å². The van der Waals surface area contributed by atoms with Gasteiger partial charge in [0.1, 0.15) is 0 Å². The van der Waals surface area contributed by atoms with E-state index in [9.17, 15) is 9.59 Å². The number of amides is 2. The summed E-state index contributed by atoms with van der Waals surface area (Å²) >= 11 is 0. The Balaban J connectivity index is 0.00000312. The van der Waals surface area contributed by atoms with Crippen LogP contribution in [0.25, 0.3) is 0 Å². The second kappa shape index (κ2) is 9.81. The molecule has 2 aromatic carbocycles. The van der Waals surface area contributed by atoms with Crippen LogP contribution in [-0.4, -0.2) is 17.9 Å². The number of anilines is 1. The topological polar surface area (TPSA) is 84.2 Å². The average Bonchev–Trinajstić information content (AvgIpc) is 2.55. The number of nitrogens with one attached hydrogen (secondary N) is 2. The Bertz CT molecular complexity index is 688. The second-order valence-electron chi connectivity index (χ2n) is 5.97. The molecule has 4 N–H and O–H groups in total. The molecule has 0 saturated carbocycles. The van der Waals surface area contributed by atoms with Crippen molar-refractivity contribution in [3.8, 4) is 0 Å². The minimum atomic E-state index is -0.345. The maximum absolute atomic E-state index is 12.1. The lowest BCUT2D eigenvalue weighted by atomic mass is 10.0. The first-order valence-corrected chi connectivity index (χ1v) is 7.97. The molecule has 134 valence electrons. The normalized spacial score (nSPS) is 11.4. The maximum Gasteiger partial charge on any atom is 0.251 e. The van der Waals surface area contributed by atoms with Crippen LogP contribution in [-0.2, 0) is 4.79 Å². The van der Waals surface area contributed by atoms with Crippen molar-refractivity contribution in [2.24, 2.45) is 5.73 Å². The minimum absolute atomic E-state index is 0. The van der Waals surface area contributed by atoms with E-state index < -0.39 is 0 Å². The molecule has 0 fully saturated rings. The Labute approximate surface area is 154 Å². The van der Waals surface area contributed by atoms with Gasteiger partial charge in [0.2, 0.25) is 5.91 Å². The van der Waals surface area contributed by atoms with Gasteiger partial charge in [-0.3, -0.25) is 9.59 Å². The van der Waals surface area contributed by atoms with Gasteiger partial charge in [-0.2, -0.15) is 0 Å². The van der Waals surface area contributed by atoms with E-state index in [0.717, 1.165) is 5.56 Å². The smallest absolute Gasteiger partial charge is 0.251 e. The van der Waals surface area contributed by atoms with Crippen molar-refractivity contribution in [1.82, 2.24) is 5.32 Å². The molecule has 2 aromatic rings. The highest BCUT2D eigenvalue weighted by molar-refractivity contribution is 5.96. The van der Waals surface area contributed by atoms with Crippen LogP contribution >= 0.6 is 12.4 Å². The van der Waals surface area contributed by atoms with Gasteiger partial charge in [-0.25, -0.2) is 0 Å². The van der Waals surface area contributed by atoms with E-state index in [0.29, 0.717) is 11.3 Å². The van der Waals surface area contributed by atoms with Crippen LogP contribution in [0.2, 0.25) is 0 Å². The van der Waals surface area contributed by atoms with Crippen LogP contribution in [0.4, 0.5) is 5.69 Å². The highest BCUT2D eigenvalue weighted by atomic mass is 35.5. The van der Waals surface area contributed by atoms with Gasteiger partial charge in [0.25, 0.3) is 5.91 Å². The first kappa shape index (κ1) is 20.7. The zero-order chi connectivity index (χ0) is 17.5. The van der Waals surface area contributed by atoms with Gasteiger partial charge in [-0.1, -0.05) is 30.3 Å². The highest BCUT2D eigenvalue weighted by Crippen LogP contribution is 2.15. The Hall–Kier alpha value is -2.37. The lowest BCUT2D eigenvalue weighted by molar-refractivity contribution is -0.116. The van der Waals surface area contributed by atoms with E-state index >= 15 is 0 Å². The largest absolute Gasteiger partial charge is 0.350 e. The molecule has 0 aliphatic carbocycles. The summed E-state index contributed by atoms with van der Waals surface area (Å²) < 4.78 is 0. The summed E-state index contributed by atoms with van der Waals surface area (Å²) in [6.45, 7) is 3.81. The van der Waals surface area contributed by atoms with Crippen LogP contribution in [0, 0.1) is 0 Å². The Morgan fingerprint density at radius 1 is 1.00 bits per heavy atom. The van der Waals surface area contributed by atoms with Crippen LogP contribution in [0.1, 0.15) is 42.2 Å². The van der Waals surface area contributed by atoms with E-state index in [1.54, 1.807) is 24.3 Å². The molecular weight excluding hydrogens is 338 g/mol. The Kier molecular flexibility index (Phi) is 8.11. The molecule has 25 heavy (non-hydrogen) atoms. The molecule has 6 heteroatoms. The summed E-state index contributed by atoms with van der Waals surface area (Å²) in [5, 5.41) is 5.62. The van der Waals surface area contributed by atoms with Crippen molar-refractivity contribution in [2.45, 2.75) is 32.4 Å². The number of nitrogens with two attached hydrogens (primary N) is 1. The number of halogens is 1. The van der Waals surface area contributed by atoms with Crippen LogP contribution in [0.3, 0.4) is 0 Å². The number of hydrogen-bond acceptors (Lipinski definition) is 3. The van der Waals surface area contributed by atoms with Gasteiger partial charge in [0.15, 0.2) is 0 Å². The lowest BCUT2D eigenvalue weighted by Gasteiger charge is -2.12. The molecule has 0 bridgehead atoms. The predicted molar refractivity (Wildman–Crippen MR) is 103 cm³/mol. The van der Waals surface area contributed by atoms with E-state index in [4.69, 9.17) is 5.73 Å². The summed E-state index contributed by atoms with van der Waals surface area (Å²) in [4.78, 5) is 24.0. The summed E-state index contributed by atoms with van der Waals surface area (Å²) in [6, 6.07) is 16.0. The first-order chi connectivity index (χ1) is 11.5. The van der Waals surface area contributed by atoms with Crippen LogP contribution < -0.4 is 16.4 Å². The van der Waals surface area contributed by atoms with E-state index in [-0.39, 0.29) is 42.7 Å². The lowest BCUT2D eigenvalue weighted by Crippen LogP contribution is -2.30. The van der Waals surface area contributed by atoms with Crippen molar-refractivity contribution in [2.75, 3.05) is 5.32 Å². The molecule has 0 saturated heterocycles. The first-order valence-electron chi connectivity index (χ1n) is 7.97. The van der Waals surface area contributed by atoms with Crippen molar-refractivity contribution in [3.63, 3.8) is 0 Å². The fraction of sp³-hybridized carbons (Fsp3) is 0.263. The molecule has 0 aliphatic rings. The summed E-state index contributed by atoms with van der Waals surface area (Å²) in [6.07, 6.45) is 0.194. The molecule has 2 amide bonds. The standard InChI is InChI=1S/C19H23N3O2.ClH/c1-13(2)21-19(24)15-8-10-16(11-9-15)22-18(23)12-17(20)14-6-4-3-5-7-14;/h3-11,13,17H,12,20H2,1-2H3,(H,21,24)(H,22,23);1H. The number of rotatable bonds is 6. The summed E-state index contributed by atoms with van der Waals surface area (Å²) in [7, 11) is 0. The van der Waals surface area contributed by atoms with E-state index in [2.05, 4.69) is 10.6 Å². The Morgan fingerprint density at radius 2 is 1.60 bits per heavy atom. The zero-order valence-corrected chi connectivity index (χ0v) is 15.2. The molecule has 1 unspecified atom stereocenters. The zero-order valence-electron chi connectivity index (χ0n) is 14.4. The SMILES string of the molecule is CC(C)NC(=O)c1ccc(NC(=O)CC(N)c2ccccc2)cc1.Cl. The van der Waals surface area contributed by atoms with Crippen LogP contribution in [0.5, 0.6) is 0 Å². The third-order valence-corrected chi connectivity index (χ3v) is 3.48. The fourth-order valence-electron chi connectivity index (χ4n) is 2.28. The van der Waals surface area contributed by atoms with Crippen molar-refractivity contribution >= 4 is 29.9 Å². The molecule has 2 rings (SSSR count). The number of hydrogen-bond donors (Lipinski definition) is 3. The fourth-order valence-corrected chi connectivity index (χ4v) is 2.28. The molecule has 0 spiro atoms. The average molecular weight is 362 g/mol. The van der Waals surface area contributed by atoms with Crippen molar-refractivity contribution in [1.29, 1.82) is 0 Å². The molecule has 0 aromatic heterocycles. The highest BCUT2D eigenvalue weighted by Gasteiger charge is 2.12. The monoisotopic (exact) mass is 361 g/mol. The Morgan fingerprint density at radius 3 is 2.16 bits per heavy atom. The van der Waals surface area contributed by atoms with Gasteiger partial charge < -0.3 is 16.4 Å². The van der Waals surface area contributed by atoms with E-state index in [1.165, 1.54) is 0 Å². The van der Waals surface area contributed by atoms with Gasteiger partial charge in [0.05, 0.1) is 0 Å². The van der Waals surface area contributed by atoms with Crippen LogP contribution in [0.15, 0.2) is 54.6 Å². The molecule has 0 aliphatic heterocycles. The third-order valence-electron chi connectivity index (χ3n) is 3.48. The molecule has 5 nitrogen and oxygen atoms in total. The number of carbonyl (C=O) groups is 2. The second-order valence-corrected chi connectivity index (χ2v) is 5.97. The predicted octanol–water partition coefficient (Wildman–Crippen LogP) is 3.28. The third kappa shape index (κ3) is 6.57. The van der Waals surface area contributed by atoms with Gasteiger partial charge in [-0.05, 0) is 43.7 Å². The molecule has 0 radical (unpaired) electrons. The molecule has 1 atom stereocenters.